The third-order valence-electron chi connectivity index (χ3n) is 2.45. The topological polar surface area (TPSA) is 35.2 Å². The van der Waals surface area contributed by atoms with Crippen molar-refractivity contribution in [3.8, 4) is 5.75 Å². The molecule has 0 fully saturated rings. The van der Waals surface area contributed by atoms with E-state index in [0.717, 1.165) is 35.8 Å². The Kier molecular flexibility index (Phi) is 6.34. The van der Waals surface area contributed by atoms with Gasteiger partial charge in [-0.2, -0.15) is 11.8 Å². The van der Waals surface area contributed by atoms with Crippen LogP contribution in [0.15, 0.2) is 24.3 Å². The SMILES string of the molecule is CCSCCOc1ccccc1C(N)CC. The van der Waals surface area contributed by atoms with Gasteiger partial charge in [0, 0.05) is 17.4 Å². The van der Waals surface area contributed by atoms with Gasteiger partial charge in [-0.25, -0.2) is 0 Å². The van der Waals surface area contributed by atoms with Crippen molar-refractivity contribution >= 4 is 11.8 Å². The van der Waals surface area contributed by atoms with Gasteiger partial charge in [0.1, 0.15) is 5.75 Å². The van der Waals surface area contributed by atoms with Crippen LogP contribution in [0.25, 0.3) is 0 Å². The summed E-state index contributed by atoms with van der Waals surface area (Å²) >= 11 is 1.89. The summed E-state index contributed by atoms with van der Waals surface area (Å²) in [6, 6.07) is 8.14. The zero-order valence-electron chi connectivity index (χ0n) is 10.1. The summed E-state index contributed by atoms with van der Waals surface area (Å²) in [6.07, 6.45) is 0.935. The summed E-state index contributed by atoms with van der Waals surface area (Å²) in [5.41, 5.74) is 7.16. The molecule has 3 heteroatoms. The molecule has 2 nitrogen and oxygen atoms in total. The second kappa shape index (κ2) is 7.58. The monoisotopic (exact) mass is 239 g/mol. The van der Waals surface area contributed by atoms with Crippen molar-refractivity contribution in [3.05, 3.63) is 29.8 Å². The molecular formula is C13H21NOS. The van der Waals surface area contributed by atoms with Crippen LogP contribution in [-0.4, -0.2) is 18.1 Å². The Bertz CT molecular complexity index is 304. The lowest BCUT2D eigenvalue weighted by molar-refractivity contribution is 0.337. The third kappa shape index (κ3) is 4.06. The Morgan fingerprint density at radius 3 is 2.75 bits per heavy atom. The molecule has 0 saturated heterocycles. The fourth-order valence-corrected chi connectivity index (χ4v) is 1.98. The van der Waals surface area contributed by atoms with Crippen molar-refractivity contribution in [1.82, 2.24) is 0 Å². The minimum Gasteiger partial charge on any atom is -0.492 e. The van der Waals surface area contributed by atoms with Gasteiger partial charge >= 0.3 is 0 Å². The van der Waals surface area contributed by atoms with Crippen LogP contribution in [0, 0.1) is 0 Å². The Balaban J connectivity index is 2.57. The number of hydrogen-bond donors (Lipinski definition) is 1. The summed E-state index contributed by atoms with van der Waals surface area (Å²) in [4.78, 5) is 0. The van der Waals surface area contributed by atoms with Gasteiger partial charge in [0.2, 0.25) is 0 Å². The van der Waals surface area contributed by atoms with Gasteiger partial charge in [0.25, 0.3) is 0 Å². The molecule has 0 bridgehead atoms. The predicted octanol–water partition coefficient (Wildman–Crippen LogP) is 3.23. The maximum absolute atomic E-state index is 6.04. The fourth-order valence-electron chi connectivity index (χ4n) is 1.49. The number of benzene rings is 1. The van der Waals surface area contributed by atoms with Crippen LogP contribution in [0.3, 0.4) is 0 Å². The minimum atomic E-state index is 0.0787. The first-order valence-electron chi connectivity index (χ1n) is 5.84. The molecule has 0 radical (unpaired) electrons. The smallest absolute Gasteiger partial charge is 0.124 e. The molecule has 0 spiro atoms. The van der Waals surface area contributed by atoms with Crippen LogP contribution in [0.1, 0.15) is 31.9 Å². The van der Waals surface area contributed by atoms with Crippen molar-refractivity contribution in [2.75, 3.05) is 18.1 Å². The van der Waals surface area contributed by atoms with Crippen LogP contribution in [0.5, 0.6) is 5.75 Å². The van der Waals surface area contributed by atoms with Crippen molar-refractivity contribution in [2.45, 2.75) is 26.3 Å². The molecule has 0 amide bonds. The number of thioether (sulfide) groups is 1. The Labute approximate surface area is 103 Å². The largest absolute Gasteiger partial charge is 0.492 e. The van der Waals surface area contributed by atoms with E-state index in [9.17, 15) is 0 Å². The van der Waals surface area contributed by atoms with E-state index in [1.807, 2.05) is 30.0 Å². The molecule has 0 heterocycles. The Morgan fingerprint density at radius 2 is 2.06 bits per heavy atom. The number of rotatable bonds is 7. The molecule has 0 aromatic heterocycles. The highest BCUT2D eigenvalue weighted by Crippen LogP contribution is 2.25. The normalized spacial score (nSPS) is 12.4. The van der Waals surface area contributed by atoms with Gasteiger partial charge in [-0.15, -0.1) is 0 Å². The van der Waals surface area contributed by atoms with E-state index in [0.29, 0.717) is 0 Å². The van der Waals surface area contributed by atoms with E-state index in [2.05, 4.69) is 19.9 Å². The minimum absolute atomic E-state index is 0.0787. The predicted molar refractivity (Wildman–Crippen MR) is 72.2 cm³/mol. The Hall–Kier alpha value is -0.670. The van der Waals surface area contributed by atoms with Crippen LogP contribution in [0.4, 0.5) is 0 Å². The standard InChI is InChI=1S/C13H21NOS/c1-3-12(14)11-7-5-6-8-13(11)15-9-10-16-4-2/h5-8,12H,3-4,9-10,14H2,1-2H3. The summed E-state index contributed by atoms with van der Waals surface area (Å²) in [5.74, 6) is 3.11. The van der Waals surface area contributed by atoms with Crippen LogP contribution < -0.4 is 10.5 Å². The van der Waals surface area contributed by atoms with Gasteiger partial charge in [0.05, 0.1) is 6.61 Å². The first-order chi connectivity index (χ1) is 7.79. The quantitative estimate of drug-likeness (QED) is 0.742. The summed E-state index contributed by atoms with van der Waals surface area (Å²) in [6.45, 7) is 5.01. The molecule has 0 aliphatic heterocycles. The van der Waals surface area contributed by atoms with E-state index in [1.54, 1.807) is 0 Å². The molecule has 1 aromatic rings. The van der Waals surface area contributed by atoms with E-state index in [1.165, 1.54) is 0 Å². The zero-order chi connectivity index (χ0) is 11.8. The summed E-state index contributed by atoms with van der Waals surface area (Å²) < 4.78 is 5.76. The highest BCUT2D eigenvalue weighted by molar-refractivity contribution is 7.99. The van der Waals surface area contributed by atoms with Crippen LogP contribution in [0.2, 0.25) is 0 Å². The number of ether oxygens (including phenoxy) is 1. The lowest BCUT2D eigenvalue weighted by Crippen LogP contribution is -2.11. The molecule has 1 atom stereocenters. The summed E-state index contributed by atoms with van der Waals surface area (Å²) in [5, 5.41) is 0. The van der Waals surface area contributed by atoms with Crippen LogP contribution in [-0.2, 0) is 0 Å². The molecule has 2 N–H and O–H groups in total. The number of hydrogen-bond acceptors (Lipinski definition) is 3. The average molecular weight is 239 g/mol. The molecule has 1 unspecified atom stereocenters. The van der Waals surface area contributed by atoms with E-state index < -0.39 is 0 Å². The van der Waals surface area contributed by atoms with Crippen molar-refractivity contribution in [3.63, 3.8) is 0 Å². The van der Waals surface area contributed by atoms with E-state index in [-0.39, 0.29) is 6.04 Å². The van der Waals surface area contributed by atoms with Crippen molar-refractivity contribution < 1.29 is 4.74 Å². The summed E-state index contributed by atoms with van der Waals surface area (Å²) in [7, 11) is 0. The average Bonchev–Trinajstić information content (AvgIpc) is 2.34. The van der Waals surface area contributed by atoms with E-state index >= 15 is 0 Å². The first-order valence-corrected chi connectivity index (χ1v) is 7.00. The molecule has 0 saturated carbocycles. The molecular weight excluding hydrogens is 218 g/mol. The molecule has 0 aliphatic carbocycles. The number of nitrogens with two attached hydrogens (primary N) is 1. The Morgan fingerprint density at radius 1 is 1.31 bits per heavy atom. The second-order valence-corrected chi connectivity index (χ2v) is 4.99. The third-order valence-corrected chi connectivity index (χ3v) is 3.31. The van der Waals surface area contributed by atoms with Gasteiger partial charge < -0.3 is 10.5 Å². The lowest BCUT2D eigenvalue weighted by atomic mass is 10.0. The van der Waals surface area contributed by atoms with Crippen molar-refractivity contribution in [2.24, 2.45) is 5.73 Å². The lowest BCUT2D eigenvalue weighted by Gasteiger charge is -2.15. The van der Waals surface area contributed by atoms with Gasteiger partial charge in [0.15, 0.2) is 0 Å². The highest BCUT2D eigenvalue weighted by atomic mass is 32.2. The maximum Gasteiger partial charge on any atom is 0.124 e. The molecule has 16 heavy (non-hydrogen) atoms. The van der Waals surface area contributed by atoms with Crippen molar-refractivity contribution in [1.29, 1.82) is 0 Å². The van der Waals surface area contributed by atoms with Gasteiger partial charge in [-0.3, -0.25) is 0 Å². The molecule has 90 valence electrons. The highest BCUT2D eigenvalue weighted by Gasteiger charge is 2.09. The maximum atomic E-state index is 6.04. The zero-order valence-corrected chi connectivity index (χ0v) is 10.9. The van der Waals surface area contributed by atoms with Gasteiger partial charge in [-0.1, -0.05) is 32.0 Å². The van der Waals surface area contributed by atoms with E-state index in [4.69, 9.17) is 10.5 Å². The first kappa shape index (κ1) is 13.4. The molecule has 1 rings (SSSR count). The van der Waals surface area contributed by atoms with Gasteiger partial charge in [-0.05, 0) is 18.2 Å². The molecule has 1 aromatic carbocycles. The number of para-hydroxylation sites is 1. The second-order valence-electron chi connectivity index (χ2n) is 3.60. The fraction of sp³-hybridized carbons (Fsp3) is 0.538. The molecule has 0 aliphatic rings. The van der Waals surface area contributed by atoms with Crippen LogP contribution >= 0.6 is 11.8 Å².